The standard InChI is InChI=1S/C16H28N4/c1-5-14(17)15-7-6-13(12-18-15)19-8-10-20(11-9-19)16(2,3)4/h6-7,12,14H,5,8-11,17H2,1-4H3. The van der Waals surface area contributed by atoms with Gasteiger partial charge >= 0.3 is 0 Å². The molecule has 0 bridgehead atoms. The van der Waals surface area contributed by atoms with Gasteiger partial charge in [-0.2, -0.15) is 0 Å². The molecular weight excluding hydrogens is 248 g/mol. The van der Waals surface area contributed by atoms with Gasteiger partial charge in [-0.05, 0) is 39.3 Å². The molecule has 0 amide bonds. The zero-order chi connectivity index (χ0) is 14.8. The molecule has 1 saturated heterocycles. The number of hydrogen-bond acceptors (Lipinski definition) is 4. The fourth-order valence-corrected chi connectivity index (χ4v) is 2.65. The van der Waals surface area contributed by atoms with E-state index in [0.717, 1.165) is 38.3 Å². The van der Waals surface area contributed by atoms with Gasteiger partial charge < -0.3 is 10.6 Å². The molecule has 2 rings (SSSR count). The Morgan fingerprint density at radius 3 is 2.30 bits per heavy atom. The first-order chi connectivity index (χ1) is 9.41. The van der Waals surface area contributed by atoms with Gasteiger partial charge in [0.2, 0.25) is 0 Å². The summed E-state index contributed by atoms with van der Waals surface area (Å²) in [5.41, 5.74) is 8.48. The van der Waals surface area contributed by atoms with E-state index in [1.807, 2.05) is 6.20 Å². The zero-order valence-electron chi connectivity index (χ0n) is 13.3. The SMILES string of the molecule is CCC(N)c1ccc(N2CCN(C(C)(C)C)CC2)cn1. The van der Waals surface area contributed by atoms with E-state index >= 15 is 0 Å². The van der Waals surface area contributed by atoms with Crippen LogP contribution in [0, 0.1) is 0 Å². The smallest absolute Gasteiger partial charge is 0.0572 e. The second kappa shape index (κ2) is 6.10. The maximum absolute atomic E-state index is 6.01. The molecule has 1 aliphatic heterocycles. The van der Waals surface area contributed by atoms with E-state index in [-0.39, 0.29) is 11.6 Å². The highest BCUT2D eigenvalue weighted by Gasteiger charge is 2.25. The lowest BCUT2D eigenvalue weighted by atomic mass is 10.0. The number of hydrogen-bond donors (Lipinski definition) is 1. The molecule has 1 unspecified atom stereocenters. The van der Waals surface area contributed by atoms with E-state index in [1.54, 1.807) is 0 Å². The molecule has 1 fully saturated rings. The van der Waals surface area contributed by atoms with Gasteiger partial charge in [0.25, 0.3) is 0 Å². The quantitative estimate of drug-likeness (QED) is 0.921. The van der Waals surface area contributed by atoms with Crippen molar-refractivity contribution in [3.05, 3.63) is 24.0 Å². The van der Waals surface area contributed by atoms with E-state index in [9.17, 15) is 0 Å². The van der Waals surface area contributed by atoms with Crippen molar-refractivity contribution in [2.75, 3.05) is 31.1 Å². The predicted octanol–water partition coefficient (Wildman–Crippen LogP) is 2.41. The molecule has 0 radical (unpaired) electrons. The average molecular weight is 276 g/mol. The number of rotatable bonds is 3. The second-order valence-corrected chi connectivity index (χ2v) is 6.60. The summed E-state index contributed by atoms with van der Waals surface area (Å²) in [5, 5.41) is 0. The van der Waals surface area contributed by atoms with Crippen molar-refractivity contribution in [2.24, 2.45) is 5.73 Å². The highest BCUT2D eigenvalue weighted by molar-refractivity contribution is 5.45. The minimum Gasteiger partial charge on any atom is -0.368 e. The summed E-state index contributed by atoms with van der Waals surface area (Å²) < 4.78 is 0. The fraction of sp³-hybridized carbons (Fsp3) is 0.688. The first kappa shape index (κ1) is 15.3. The van der Waals surface area contributed by atoms with Crippen molar-refractivity contribution in [3.8, 4) is 0 Å². The highest BCUT2D eigenvalue weighted by Crippen LogP contribution is 2.21. The van der Waals surface area contributed by atoms with E-state index < -0.39 is 0 Å². The molecule has 1 atom stereocenters. The van der Waals surface area contributed by atoms with Crippen LogP contribution in [-0.4, -0.2) is 41.6 Å². The minimum atomic E-state index is 0.0572. The number of aromatic nitrogens is 1. The van der Waals surface area contributed by atoms with Gasteiger partial charge in [0.15, 0.2) is 0 Å². The zero-order valence-corrected chi connectivity index (χ0v) is 13.3. The van der Waals surface area contributed by atoms with Crippen LogP contribution in [0.3, 0.4) is 0 Å². The molecule has 2 heterocycles. The molecule has 1 aliphatic rings. The maximum atomic E-state index is 6.01. The Morgan fingerprint density at radius 1 is 1.20 bits per heavy atom. The molecule has 1 aromatic rings. The monoisotopic (exact) mass is 276 g/mol. The lowest BCUT2D eigenvalue weighted by molar-refractivity contribution is 0.128. The average Bonchev–Trinajstić information content (AvgIpc) is 2.46. The summed E-state index contributed by atoms with van der Waals surface area (Å²) in [4.78, 5) is 9.47. The van der Waals surface area contributed by atoms with Gasteiger partial charge in [-0.3, -0.25) is 9.88 Å². The van der Waals surface area contributed by atoms with E-state index in [1.165, 1.54) is 5.69 Å². The second-order valence-electron chi connectivity index (χ2n) is 6.60. The molecular formula is C16H28N4. The van der Waals surface area contributed by atoms with Crippen LogP contribution in [0.1, 0.15) is 45.9 Å². The van der Waals surface area contributed by atoms with Crippen LogP contribution in [-0.2, 0) is 0 Å². The van der Waals surface area contributed by atoms with Crippen molar-refractivity contribution in [3.63, 3.8) is 0 Å². The molecule has 4 nitrogen and oxygen atoms in total. The van der Waals surface area contributed by atoms with Crippen LogP contribution in [0.5, 0.6) is 0 Å². The van der Waals surface area contributed by atoms with Crippen molar-refractivity contribution >= 4 is 5.69 Å². The van der Waals surface area contributed by atoms with Crippen molar-refractivity contribution in [1.82, 2.24) is 9.88 Å². The molecule has 0 spiro atoms. The van der Waals surface area contributed by atoms with Gasteiger partial charge in [0.05, 0.1) is 17.6 Å². The molecule has 4 heteroatoms. The molecule has 2 N–H and O–H groups in total. The van der Waals surface area contributed by atoms with E-state index in [0.29, 0.717) is 0 Å². The van der Waals surface area contributed by atoms with Crippen molar-refractivity contribution in [1.29, 1.82) is 0 Å². The van der Waals surface area contributed by atoms with Gasteiger partial charge in [-0.25, -0.2) is 0 Å². The lowest BCUT2D eigenvalue weighted by Crippen LogP contribution is -2.53. The predicted molar refractivity (Wildman–Crippen MR) is 85.0 cm³/mol. The largest absolute Gasteiger partial charge is 0.368 e. The third-order valence-electron chi connectivity index (χ3n) is 4.18. The molecule has 0 aromatic carbocycles. The third kappa shape index (κ3) is 3.49. The summed E-state index contributed by atoms with van der Waals surface area (Å²) in [7, 11) is 0. The summed E-state index contributed by atoms with van der Waals surface area (Å²) in [6.07, 6.45) is 2.90. The topological polar surface area (TPSA) is 45.4 Å². The number of piperazine rings is 1. The van der Waals surface area contributed by atoms with Gasteiger partial charge in [-0.15, -0.1) is 0 Å². The molecule has 0 aliphatic carbocycles. The first-order valence-corrected chi connectivity index (χ1v) is 7.63. The Bertz CT molecular complexity index is 413. The Labute approximate surface area is 123 Å². The lowest BCUT2D eigenvalue weighted by Gasteiger charge is -2.43. The minimum absolute atomic E-state index is 0.0572. The summed E-state index contributed by atoms with van der Waals surface area (Å²) in [6, 6.07) is 4.28. The Kier molecular flexibility index (Phi) is 4.66. The number of anilines is 1. The van der Waals surface area contributed by atoms with Crippen LogP contribution in [0.25, 0.3) is 0 Å². The highest BCUT2D eigenvalue weighted by atomic mass is 15.3. The van der Waals surface area contributed by atoms with Crippen LogP contribution in [0.15, 0.2) is 18.3 Å². The fourth-order valence-electron chi connectivity index (χ4n) is 2.65. The number of nitrogens with two attached hydrogens (primary N) is 1. The Morgan fingerprint density at radius 2 is 1.85 bits per heavy atom. The molecule has 0 saturated carbocycles. The Balaban J connectivity index is 1.97. The molecule has 112 valence electrons. The van der Waals surface area contributed by atoms with Crippen molar-refractivity contribution in [2.45, 2.75) is 45.7 Å². The van der Waals surface area contributed by atoms with E-state index in [2.05, 4.69) is 54.6 Å². The van der Waals surface area contributed by atoms with Crippen LogP contribution in [0.4, 0.5) is 5.69 Å². The van der Waals surface area contributed by atoms with Crippen LogP contribution < -0.4 is 10.6 Å². The number of pyridine rings is 1. The number of nitrogens with zero attached hydrogens (tertiary/aromatic N) is 3. The summed E-state index contributed by atoms with van der Waals surface area (Å²) >= 11 is 0. The Hall–Kier alpha value is -1.13. The van der Waals surface area contributed by atoms with Crippen LogP contribution >= 0.6 is 0 Å². The maximum Gasteiger partial charge on any atom is 0.0572 e. The normalized spacial score (nSPS) is 19.1. The third-order valence-corrected chi connectivity index (χ3v) is 4.18. The molecule has 1 aromatic heterocycles. The van der Waals surface area contributed by atoms with Gasteiger partial charge in [0, 0.05) is 37.8 Å². The summed E-state index contributed by atoms with van der Waals surface area (Å²) in [5.74, 6) is 0. The first-order valence-electron chi connectivity index (χ1n) is 7.63. The van der Waals surface area contributed by atoms with E-state index in [4.69, 9.17) is 5.73 Å². The van der Waals surface area contributed by atoms with Gasteiger partial charge in [-0.1, -0.05) is 6.92 Å². The van der Waals surface area contributed by atoms with Crippen molar-refractivity contribution < 1.29 is 0 Å². The molecule has 20 heavy (non-hydrogen) atoms. The summed E-state index contributed by atoms with van der Waals surface area (Å²) in [6.45, 7) is 13.3. The van der Waals surface area contributed by atoms with Gasteiger partial charge in [0.1, 0.15) is 0 Å². The van der Waals surface area contributed by atoms with Crippen LogP contribution in [0.2, 0.25) is 0 Å².